The zero-order valence-electron chi connectivity index (χ0n) is 15.3. The van der Waals surface area contributed by atoms with E-state index < -0.39 is 20.0 Å². The van der Waals surface area contributed by atoms with Gasteiger partial charge in [0.1, 0.15) is 15.5 Å². The Morgan fingerprint density at radius 3 is 2.38 bits per heavy atom. The number of nitrogens with one attached hydrogen (secondary N) is 1. The van der Waals surface area contributed by atoms with E-state index in [4.69, 9.17) is 32.7 Å². The fourth-order valence-electron chi connectivity index (χ4n) is 2.77. The number of anilines is 1. The maximum atomic E-state index is 13.0. The highest BCUT2D eigenvalue weighted by molar-refractivity contribution is 7.93. The standard InChI is InChI=1S/C17H18Cl2N2O6S2/c1-26-14-6-5-12(11-16(14)29(24,25)21-7-9-27-10-8-21)20-28(22,23)15-4-2-3-13(18)17(15)19/h2-6,11,20H,7-10H2,1H3. The number of nitrogens with zero attached hydrogens (tertiary/aromatic N) is 1. The lowest BCUT2D eigenvalue weighted by molar-refractivity contribution is 0.0729. The predicted molar refractivity (Wildman–Crippen MR) is 110 cm³/mol. The molecule has 0 unspecified atom stereocenters. The summed E-state index contributed by atoms with van der Waals surface area (Å²) in [4.78, 5) is -0.376. The summed E-state index contributed by atoms with van der Waals surface area (Å²) in [6.45, 7) is 0.946. The minimum absolute atomic E-state index is 0.0358. The van der Waals surface area contributed by atoms with Gasteiger partial charge in [-0.05, 0) is 30.3 Å². The van der Waals surface area contributed by atoms with E-state index >= 15 is 0 Å². The molecule has 0 bridgehead atoms. The Labute approximate surface area is 179 Å². The fourth-order valence-corrected chi connectivity index (χ4v) is 6.17. The van der Waals surface area contributed by atoms with Crippen molar-refractivity contribution in [3.63, 3.8) is 0 Å². The van der Waals surface area contributed by atoms with Crippen molar-refractivity contribution in [3.05, 3.63) is 46.4 Å². The summed E-state index contributed by atoms with van der Waals surface area (Å²) >= 11 is 11.9. The van der Waals surface area contributed by atoms with Gasteiger partial charge in [-0.2, -0.15) is 4.31 Å². The molecule has 1 heterocycles. The van der Waals surface area contributed by atoms with Crippen LogP contribution in [0.25, 0.3) is 0 Å². The molecule has 1 aliphatic rings. The number of hydrogen-bond acceptors (Lipinski definition) is 6. The van der Waals surface area contributed by atoms with Crippen molar-refractivity contribution in [2.24, 2.45) is 0 Å². The molecule has 1 fully saturated rings. The van der Waals surface area contributed by atoms with Crippen molar-refractivity contribution < 1.29 is 26.3 Å². The molecule has 1 saturated heterocycles. The van der Waals surface area contributed by atoms with E-state index in [-0.39, 0.29) is 57.6 Å². The normalized spacial score (nSPS) is 15.8. The molecule has 2 aromatic rings. The van der Waals surface area contributed by atoms with Crippen LogP contribution in [0.2, 0.25) is 10.0 Å². The first-order valence-electron chi connectivity index (χ1n) is 8.39. The van der Waals surface area contributed by atoms with E-state index in [0.717, 1.165) is 0 Å². The summed E-state index contributed by atoms with van der Waals surface area (Å²) in [5, 5.41) is -0.0452. The predicted octanol–water partition coefficient (Wildman–Crippen LogP) is 2.82. The van der Waals surface area contributed by atoms with Gasteiger partial charge >= 0.3 is 0 Å². The van der Waals surface area contributed by atoms with Crippen molar-refractivity contribution >= 4 is 48.9 Å². The lowest BCUT2D eigenvalue weighted by Gasteiger charge is -2.26. The number of ether oxygens (including phenoxy) is 2. The van der Waals surface area contributed by atoms with Crippen LogP contribution in [-0.2, 0) is 24.8 Å². The number of benzene rings is 2. The summed E-state index contributed by atoms with van der Waals surface area (Å²) in [6.07, 6.45) is 0. The van der Waals surface area contributed by atoms with Crippen LogP contribution in [-0.4, -0.2) is 54.6 Å². The Morgan fingerprint density at radius 1 is 1.03 bits per heavy atom. The first-order chi connectivity index (χ1) is 13.7. The molecule has 0 amide bonds. The highest BCUT2D eigenvalue weighted by atomic mass is 35.5. The molecule has 1 N–H and O–H groups in total. The van der Waals surface area contributed by atoms with Gasteiger partial charge in [-0.15, -0.1) is 0 Å². The van der Waals surface area contributed by atoms with Crippen LogP contribution in [0.1, 0.15) is 0 Å². The van der Waals surface area contributed by atoms with Crippen molar-refractivity contribution in [1.29, 1.82) is 0 Å². The van der Waals surface area contributed by atoms with E-state index in [2.05, 4.69) is 4.72 Å². The Kier molecular flexibility index (Phi) is 6.61. The van der Waals surface area contributed by atoms with E-state index in [1.807, 2.05) is 0 Å². The molecule has 0 saturated carbocycles. The van der Waals surface area contributed by atoms with Crippen LogP contribution in [0.3, 0.4) is 0 Å². The van der Waals surface area contributed by atoms with Crippen LogP contribution in [0.5, 0.6) is 5.75 Å². The number of hydrogen-bond donors (Lipinski definition) is 1. The van der Waals surface area contributed by atoms with Gasteiger partial charge in [-0.1, -0.05) is 29.3 Å². The molecule has 0 aliphatic carbocycles. The molecular weight excluding hydrogens is 463 g/mol. The van der Waals surface area contributed by atoms with E-state index in [1.54, 1.807) is 0 Å². The lowest BCUT2D eigenvalue weighted by Crippen LogP contribution is -2.40. The smallest absolute Gasteiger partial charge is 0.263 e. The van der Waals surface area contributed by atoms with Gasteiger partial charge in [0.15, 0.2) is 0 Å². The zero-order chi connectivity index (χ0) is 21.2. The number of morpholine rings is 1. The van der Waals surface area contributed by atoms with Crippen LogP contribution in [0.15, 0.2) is 46.2 Å². The molecule has 8 nitrogen and oxygen atoms in total. The Balaban J connectivity index is 2.00. The molecule has 0 atom stereocenters. The molecule has 12 heteroatoms. The lowest BCUT2D eigenvalue weighted by atomic mass is 10.3. The summed E-state index contributed by atoms with van der Waals surface area (Å²) in [6, 6.07) is 8.19. The maximum Gasteiger partial charge on any atom is 0.263 e. The first-order valence-corrected chi connectivity index (χ1v) is 12.1. The second-order valence-electron chi connectivity index (χ2n) is 6.04. The second-order valence-corrected chi connectivity index (χ2v) is 10.4. The Morgan fingerprint density at radius 2 is 1.72 bits per heavy atom. The van der Waals surface area contributed by atoms with Gasteiger partial charge in [0.25, 0.3) is 10.0 Å². The van der Waals surface area contributed by atoms with E-state index in [9.17, 15) is 16.8 Å². The van der Waals surface area contributed by atoms with Gasteiger partial charge in [0.05, 0.1) is 36.1 Å². The minimum atomic E-state index is -4.11. The van der Waals surface area contributed by atoms with Gasteiger partial charge in [-0.3, -0.25) is 4.72 Å². The summed E-state index contributed by atoms with van der Waals surface area (Å²) in [5.41, 5.74) is 0.0358. The van der Waals surface area contributed by atoms with E-state index in [1.165, 1.54) is 47.8 Å². The van der Waals surface area contributed by atoms with Crippen LogP contribution in [0, 0.1) is 0 Å². The minimum Gasteiger partial charge on any atom is -0.495 e. The van der Waals surface area contributed by atoms with Crippen molar-refractivity contribution in [1.82, 2.24) is 4.31 Å². The summed E-state index contributed by atoms with van der Waals surface area (Å²) in [7, 11) is -6.69. The third-order valence-electron chi connectivity index (χ3n) is 4.21. The van der Waals surface area contributed by atoms with E-state index in [0.29, 0.717) is 0 Å². The summed E-state index contributed by atoms with van der Waals surface area (Å²) < 4.78 is 65.5. The molecule has 3 rings (SSSR count). The first kappa shape index (κ1) is 22.1. The molecule has 2 aromatic carbocycles. The van der Waals surface area contributed by atoms with Crippen molar-refractivity contribution in [3.8, 4) is 5.75 Å². The quantitative estimate of drug-likeness (QED) is 0.681. The van der Waals surface area contributed by atoms with Crippen LogP contribution < -0.4 is 9.46 Å². The molecule has 158 valence electrons. The topological polar surface area (TPSA) is 102 Å². The number of methoxy groups -OCH3 is 1. The maximum absolute atomic E-state index is 13.0. The molecule has 29 heavy (non-hydrogen) atoms. The molecule has 0 radical (unpaired) electrons. The fraction of sp³-hybridized carbons (Fsp3) is 0.294. The van der Waals surface area contributed by atoms with Gasteiger partial charge < -0.3 is 9.47 Å². The highest BCUT2D eigenvalue weighted by Crippen LogP contribution is 2.33. The molecule has 0 spiro atoms. The number of halogens is 2. The SMILES string of the molecule is COc1ccc(NS(=O)(=O)c2cccc(Cl)c2Cl)cc1S(=O)(=O)N1CCOCC1. The average molecular weight is 481 g/mol. The Bertz CT molecular complexity index is 1120. The third-order valence-corrected chi connectivity index (χ3v) is 8.48. The second kappa shape index (κ2) is 8.66. The molecule has 1 aliphatic heterocycles. The number of sulfonamides is 2. The van der Waals surface area contributed by atoms with Gasteiger partial charge in [0.2, 0.25) is 10.0 Å². The van der Waals surface area contributed by atoms with Crippen LogP contribution in [0.4, 0.5) is 5.69 Å². The Hall–Kier alpha value is -1.56. The zero-order valence-corrected chi connectivity index (χ0v) is 18.4. The van der Waals surface area contributed by atoms with Gasteiger partial charge in [0, 0.05) is 13.1 Å². The molecule has 0 aromatic heterocycles. The van der Waals surface area contributed by atoms with Crippen molar-refractivity contribution in [2.75, 3.05) is 38.1 Å². The van der Waals surface area contributed by atoms with Gasteiger partial charge in [-0.25, -0.2) is 16.8 Å². The monoisotopic (exact) mass is 480 g/mol. The number of rotatable bonds is 6. The summed E-state index contributed by atoms with van der Waals surface area (Å²) in [5.74, 6) is 0.0974. The third kappa shape index (κ3) is 4.62. The molecular formula is C17H18Cl2N2O6S2. The van der Waals surface area contributed by atoms with Crippen LogP contribution >= 0.6 is 23.2 Å². The van der Waals surface area contributed by atoms with Crippen molar-refractivity contribution in [2.45, 2.75) is 9.79 Å². The largest absolute Gasteiger partial charge is 0.495 e. The average Bonchev–Trinajstić information content (AvgIpc) is 2.70. The highest BCUT2D eigenvalue weighted by Gasteiger charge is 2.30.